The fraction of sp³-hybridized carbons (Fsp3) is 0.357. The first kappa shape index (κ1) is 24.1. The molecule has 3 heterocycles. The number of aryl methyl sites for hydroxylation is 1. The molecule has 2 aromatic heterocycles. The van der Waals surface area contributed by atoms with Crippen molar-refractivity contribution in [2.75, 3.05) is 18.4 Å². The first-order valence-corrected chi connectivity index (χ1v) is 12.5. The van der Waals surface area contributed by atoms with Gasteiger partial charge in [-0.1, -0.05) is 55.5 Å². The van der Waals surface area contributed by atoms with Crippen LogP contribution in [0.15, 0.2) is 48.8 Å². The van der Waals surface area contributed by atoms with Crippen LogP contribution in [0, 0.1) is 30.1 Å². The highest BCUT2D eigenvalue weighted by atomic mass is 35.5. The van der Waals surface area contributed by atoms with E-state index in [1.165, 1.54) is 6.20 Å². The van der Waals surface area contributed by atoms with Gasteiger partial charge in [0.05, 0.1) is 17.3 Å². The van der Waals surface area contributed by atoms with Crippen molar-refractivity contribution < 1.29 is 9.59 Å². The lowest BCUT2D eigenvalue weighted by molar-refractivity contribution is -0.157. The zero-order valence-corrected chi connectivity index (χ0v) is 21.3. The summed E-state index contributed by atoms with van der Waals surface area (Å²) in [6.07, 6.45) is 4.91. The SMILES string of the molecule is Cc1cc(C#Cc2ccccc2)cnc1NC(=O)c1c(Cl)cnn1C1CC2(C1)CN(C(=O)C(C)C)C2. The highest BCUT2D eigenvalue weighted by Crippen LogP contribution is 2.54. The van der Waals surface area contributed by atoms with E-state index < -0.39 is 0 Å². The normalized spacial score (nSPS) is 16.2. The largest absolute Gasteiger partial charge is 0.341 e. The Morgan fingerprint density at radius 2 is 1.81 bits per heavy atom. The van der Waals surface area contributed by atoms with Crippen LogP contribution in [0.5, 0.6) is 0 Å². The van der Waals surface area contributed by atoms with Gasteiger partial charge in [-0.3, -0.25) is 14.3 Å². The molecule has 0 radical (unpaired) electrons. The maximum absolute atomic E-state index is 13.2. The Balaban J connectivity index is 1.25. The van der Waals surface area contributed by atoms with Gasteiger partial charge in [-0.2, -0.15) is 5.10 Å². The van der Waals surface area contributed by atoms with Crippen LogP contribution in [0.2, 0.25) is 5.02 Å². The van der Waals surface area contributed by atoms with Gasteiger partial charge in [0, 0.05) is 41.7 Å². The Morgan fingerprint density at radius 3 is 2.47 bits per heavy atom. The fourth-order valence-electron chi connectivity index (χ4n) is 5.09. The summed E-state index contributed by atoms with van der Waals surface area (Å²) < 4.78 is 1.73. The van der Waals surface area contributed by atoms with Gasteiger partial charge in [0.25, 0.3) is 5.91 Å². The quantitative estimate of drug-likeness (QED) is 0.525. The maximum atomic E-state index is 13.2. The molecule has 5 rings (SSSR count). The molecule has 8 heteroatoms. The van der Waals surface area contributed by atoms with Crippen LogP contribution in [-0.4, -0.2) is 44.6 Å². The van der Waals surface area contributed by atoms with Crippen molar-refractivity contribution in [3.63, 3.8) is 0 Å². The molecule has 1 N–H and O–H groups in total. The molecule has 1 aliphatic carbocycles. The molecule has 0 unspecified atom stereocenters. The van der Waals surface area contributed by atoms with E-state index >= 15 is 0 Å². The molecule has 1 saturated carbocycles. The molecule has 1 aliphatic heterocycles. The van der Waals surface area contributed by atoms with Crippen LogP contribution in [0.4, 0.5) is 5.82 Å². The van der Waals surface area contributed by atoms with Crippen molar-refractivity contribution in [3.05, 3.63) is 76.2 Å². The Labute approximate surface area is 215 Å². The Kier molecular flexibility index (Phi) is 6.31. The summed E-state index contributed by atoms with van der Waals surface area (Å²) in [5, 5.41) is 7.59. The van der Waals surface area contributed by atoms with E-state index in [0.717, 1.165) is 42.6 Å². The molecule has 0 atom stereocenters. The minimum Gasteiger partial charge on any atom is -0.341 e. The first-order chi connectivity index (χ1) is 17.2. The van der Waals surface area contributed by atoms with Gasteiger partial charge < -0.3 is 10.2 Å². The number of anilines is 1. The number of carbonyl (C=O) groups is 2. The number of likely N-dealkylation sites (tertiary alicyclic amines) is 1. The van der Waals surface area contributed by atoms with Gasteiger partial charge in [-0.25, -0.2) is 4.98 Å². The molecular formula is C28H28ClN5O2. The van der Waals surface area contributed by atoms with Gasteiger partial charge in [0.2, 0.25) is 5.91 Å². The number of rotatable bonds is 4. The van der Waals surface area contributed by atoms with E-state index in [1.807, 2.05) is 62.1 Å². The molecule has 3 aromatic rings. The van der Waals surface area contributed by atoms with Crippen LogP contribution in [-0.2, 0) is 4.79 Å². The molecular weight excluding hydrogens is 474 g/mol. The second kappa shape index (κ2) is 9.44. The topological polar surface area (TPSA) is 80.1 Å². The minimum absolute atomic E-state index is 0.0143. The second-order valence-corrected chi connectivity index (χ2v) is 10.6. The Morgan fingerprint density at radius 1 is 1.11 bits per heavy atom. The van der Waals surface area contributed by atoms with E-state index in [0.29, 0.717) is 16.5 Å². The van der Waals surface area contributed by atoms with Crippen molar-refractivity contribution in [1.29, 1.82) is 0 Å². The van der Waals surface area contributed by atoms with E-state index in [2.05, 4.69) is 27.2 Å². The minimum atomic E-state index is -0.345. The van der Waals surface area contributed by atoms with Crippen molar-refractivity contribution in [2.45, 2.75) is 39.7 Å². The van der Waals surface area contributed by atoms with Crippen LogP contribution >= 0.6 is 11.6 Å². The van der Waals surface area contributed by atoms with Crippen molar-refractivity contribution >= 4 is 29.2 Å². The predicted octanol–water partition coefficient (Wildman–Crippen LogP) is 4.71. The zero-order chi connectivity index (χ0) is 25.4. The highest BCUT2D eigenvalue weighted by Gasteiger charge is 2.55. The van der Waals surface area contributed by atoms with Crippen LogP contribution in [0.3, 0.4) is 0 Å². The third kappa shape index (κ3) is 4.61. The smallest absolute Gasteiger partial charge is 0.276 e. The summed E-state index contributed by atoms with van der Waals surface area (Å²) in [6.45, 7) is 7.29. The number of benzene rings is 1. The number of pyridine rings is 1. The van der Waals surface area contributed by atoms with Crippen molar-refractivity contribution in [1.82, 2.24) is 19.7 Å². The average molecular weight is 502 g/mol. The lowest BCUT2D eigenvalue weighted by atomic mass is 9.60. The molecule has 1 spiro atoms. The van der Waals surface area contributed by atoms with Gasteiger partial charge in [-0.15, -0.1) is 0 Å². The summed E-state index contributed by atoms with van der Waals surface area (Å²) >= 11 is 6.38. The summed E-state index contributed by atoms with van der Waals surface area (Å²) in [5.74, 6) is 6.55. The Hall–Kier alpha value is -3.63. The third-order valence-electron chi connectivity index (χ3n) is 6.94. The molecule has 1 saturated heterocycles. The standard InChI is InChI=1S/C28H28ClN5O2/c1-18(2)27(36)33-16-28(17-33)12-22(13-28)34-24(23(29)15-31-34)26(35)32-25-19(3)11-21(14-30-25)10-9-20-7-5-4-6-8-20/h4-8,11,14-15,18,22H,12-13,16-17H2,1-3H3,(H,30,32,35). The average Bonchev–Trinajstić information content (AvgIpc) is 3.19. The predicted molar refractivity (Wildman–Crippen MR) is 139 cm³/mol. The molecule has 184 valence electrons. The van der Waals surface area contributed by atoms with Crippen LogP contribution < -0.4 is 5.32 Å². The number of hydrogen-bond donors (Lipinski definition) is 1. The van der Waals surface area contributed by atoms with Crippen molar-refractivity contribution in [3.8, 4) is 11.8 Å². The number of nitrogens with one attached hydrogen (secondary N) is 1. The Bertz CT molecular complexity index is 1370. The molecule has 7 nitrogen and oxygen atoms in total. The zero-order valence-electron chi connectivity index (χ0n) is 20.6. The summed E-state index contributed by atoms with van der Waals surface area (Å²) in [5.41, 5.74) is 2.96. The monoisotopic (exact) mass is 501 g/mol. The molecule has 0 bridgehead atoms. The maximum Gasteiger partial charge on any atom is 0.276 e. The van der Waals surface area contributed by atoms with E-state index in [4.69, 9.17) is 11.6 Å². The number of aromatic nitrogens is 3. The number of amides is 2. The van der Waals surface area contributed by atoms with Gasteiger partial charge in [-0.05, 0) is 43.5 Å². The number of carbonyl (C=O) groups excluding carboxylic acids is 2. The molecule has 2 aliphatic rings. The van der Waals surface area contributed by atoms with Gasteiger partial charge in [0.1, 0.15) is 11.5 Å². The van der Waals surface area contributed by atoms with Crippen LogP contribution in [0.25, 0.3) is 0 Å². The molecule has 2 amide bonds. The lowest BCUT2D eigenvalue weighted by Crippen LogP contribution is -2.64. The number of halogens is 1. The second-order valence-electron chi connectivity index (χ2n) is 10.2. The first-order valence-electron chi connectivity index (χ1n) is 12.1. The van der Waals surface area contributed by atoms with Gasteiger partial charge in [0.15, 0.2) is 0 Å². The number of hydrogen-bond acceptors (Lipinski definition) is 4. The lowest BCUT2D eigenvalue weighted by Gasteiger charge is -2.59. The summed E-state index contributed by atoms with van der Waals surface area (Å²) in [6, 6.07) is 11.7. The fourth-order valence-corrected chi connectivity index (χ4v) is 5.31. The van der Waals surface area contributed by atoms with E-state index in [9.17, 15) is 9.59 Å². The van der Waals surface area contributed by atoms with Crippen LogP contribution in [0.1, 0.15) is 59.9 Å². The highest BCUT2D eigenvalue weighted by molar-refractivity contribution is 6.34. The molecule has 36 heavy (non-hydrogen) atoms. The van der Waals surface area contributed by atoms with Crippen molar-refractivity contribution in [2.24, 2.45) is 11.3 Å². The molecule has 2 fully saturated rings. The van der Waals surface area contributed by atoms with E-state index in [-0.39, 0.29) is 29.2 Å². The summed E-state index contributed by atoms with van der Waals surface area (Å²) in [4.78, 5) is 31.7. The summed E-state index contributed by atoms with van der Waals surface area (Å²) in [7, 11) is 0. The number of nitrogens with zero attached hydrogens (tertiary/aromatic N) is 4. The van der Waals surface area contributed by atoms with Gasteiger partial charge >= 0.3 is 0 Å². The third-order valence-corrected chi connectivity index (χ3v) is 7.22. The van der Waals surface area contributed by atoms with E-state index in [1.54, 1.807) is 10.9 Å². The molecule has 1 aromatic carbocycles.